The smallest absolute Gasteiger partial charge is 0.103 e. The predicted octanol–water partition coefficient (Wildman–Crippen LogP) is 1.30. The molecule has 19 heavy (non-hydrogen) atoms. The zero-order valence-corrected chi connectivity index (χ0v) is 11.9. The standard InChI is InChI=1S/C14H22N4O/c1-4-18(7-8-19)6-5-16-14-9-11(2)17-12(3)13(14)10-15/h9,19H,4-8H2,1-3H3,(H,16,17). The van der Waals surface area contributed by atoms with Crippen molar-refractivity contribution in [1.29, 1.82) is 5.26 Å². The molecule has 104 valence electrons. The van der Waals surface area contributed by atoms with E-state index in [2.05, 4.69) is 28.2 Å². The van der Waals surface area contributed by atoms with Crippen LogP contribution in [0.5, 0.6) is 0 Å². The minimum absolute atomic E-state index is 0.171. The van der Waals surface area contributed by atoms with E-state index in [-0.39, 0.29) is 6.61 Å². The Balaban J connectivity index is 2.65. The van der Waals surface area contributed by atoms with Crippen LogP contribution in [0.1, 0.15) is 23.9 Å². The molecule has 0 saturated carbocycles. The monoisotopic (exact) mass is 262 g/mol. The first kappa shape index (κ1) is 15.4. The lowest BCUT2D eigenvalue weighted by molar-refractivity contribution is 0.206. The highest BCUT2D eigenvalue weighted by Gasteiger charge is 2.08. The molecule has 2 N–H and O–H groups in total. The summed E-state index contributed by atoms with van der Waals surface area (Å²) in [6.45, 7) is 9.17. The molecule has 1 aromatic rings. The first-order valence-electron chi connectivity index (χ1n) is 6.57. The summed E-state index contributed by atoms with van der Waals surface area (Å²) >= 11 is 0. The van der Waals surface area contributed by atoms with Crippen LogP contribution in [0.25, 0.3) is 0 Å². The number of pyridine rings is 1. The summed E-state index contributed by atoms with van der Waals surface area (Å²) in [5.74, 6) is 0. The average molecular weight is 262 g/mol. The molecule has 5 nitrogen and oxygen atoms in total. The Morgan fingerprint density at radius 1 is 1.42 bits per heavy atom. The number of hydrogen-bond acceptors (Lipinski definition) is 5. The molecule has 0 aliphatic heterocycles. The molecular weight excluding hydrogens is 240 g/mol. The molecule has 0 aliphatic carbocycles. The molecule has 0 unspecified atom stereocenters. The van der Waals surface area contributed by atoms with Gasteiger partial charge in [-0.3, -0.25) is 9.88 Å². The van der Waals surface area contributed by atoms with Crippen LogP contribution in [0.4, 0.5) is 5.69 Å². The molecule has 0 fully saturated rings. The van der Waals surface area contributed by atoms with Crippen molar-refractivity contribution >= 4 is 5.69 Å². The number of aliphatic hydroxyl groups excluding tert-OH is 1. The second kappa shape index (κ2) is 7.72. The topological polar surface area (TPSA) is 72.2 Å². The minimum atomic E-state index is 0.171. The van der Waals surface area contributed by atoms with E-state index in [1.165, 1.54) is 0 Å². The molecule has 0 aliphatic rings. The molecule has 0 radical (unpaired) electrons. The quantitative estimate of drug-likeness (QED) is 0.775. The summed E-state index contributed by atoms with van der Waals surface area (Å²) in [7, 11) is 0. The summed E-state index contributed by atoms with van der Waals surface area (Å²) in [6.07, 6.45) is 0. The van der Waals surface area contributed by atoms with Gasteiger partial charge in [0.2, 0.25) is 0 Å². The molecule has 0 atom stereocenters. The van der Waals surface area contributed by atoms with Gasteiger partial charge in [0, 0.05) is 25.3 Å². The number of aliphatic hydroxyl groups is 1. The molecular formula is C14H22N4O. The summed E-state index contributed by atoms with van der Waals surface area (Å²) in [5, 5.41) is 21.4. The van der Waals surface area contributed by atoms with E-state index in [1.54, 1.807) is 0 Å². The van der Waals surface area contributed by atoms with Gasteiger partial charge in [-0.15, -0.1) is 0 Å². The van der Waals surface area contributed by atoms with Crippen molar-refractivity contribution in [3.8, 4) is 6.07 Å². The first-order chi connectivity index (χ1) is 9.12. The highest BCUT2D eigenvalue weighted by molar-refractivity contribution is 5.59. The Labute approximate surface area is 114 Å². The molecule has 0 bridgehead atoms. The van der Waals surface area contributed by atoms with E-state index in [4.69, 9.17) is 10.4 Å². The first-order valence-corrected chi connectivity index (χ1v) is 6.57. The van der Waals surface area contributed by atoms with E-state index in [1.807, 2.05) is 19.9 Å². The fourth-order valence-corrected chi connectivity index (χ4v) is 2.03. The minimum Gasteiger partial charge on any atom is -0.395 e. The van der Waals surface area contributed by atoms with Gasteiger partial charge in [-0.2, -0.15) is 5.26 Å². The molecule has 0 amide bonds. The number of nitriles is 1. The second-order valence-corrected chi connectivity index (χ2v) is 4.47. The number of aromatic nitrogens is 1. The molecule has 0 saturated heterocycles. The summed E-state index contributed by atoms with van der Waals surface area (Å²) in [6, 6.07) is 4.09. The van der Waals surface area contributed by atoms with Crippen LogP contribution in [-0.4, -0.2) is 47.8 Å². The van der Waals surface area contributed by atoms with Crippen molar-refractivity contribution in [3.05, 3.63) is 23.0 Å². The largest absolute Gasteiger partial charge is 0.395 e. The maximum atomic E-state index is 9.16. The number of hydrogen-bond donors (Lipinski definition) is 2. The predicted molar refractivity (Wildman–Crippen MR) is 76.1 cm³/mol. The lowest BCUT2D eigenvalue weighted by Crippen LogP contribution is -2.31. The number of likely N-dealkylation sites (N-methyl/N-ethyl adjacent to an activating group) is 1. The van der Waals surface area contributed by atoms with Gasteiger partial charge in [0.1, 0.15) is 6.07 Å². The van der Waals surface area contributed by atoms with Crippen LogP contribution in [-0.2, 0) is 0 Å². The maximum Gasteiger partial charge on any atom is 0.103 e. The fraction of sp³-hybridized carbons (Fsp3) is 0.571. The second-order valence-electron chi connectivity index (χ2n) is 4.47. The molecule has 0 spiro atoms. The van der Waals surface area contributed by atoms with Gasteiger partial charge in [-0.1, -0.05) is 6.92 Å². The summed E-state index contributed by atoms with van der Waals surface area (Å²) < 4.78 is 0. The Bertz CT molecular complexity index is 453. The van der Waals surface area contributed by atoms with Crippen LogP contribution in [0.2, 0.25) is 0 Å². The fourth-order valence-electron chi connectivity index (χ4n) is 2.03. The number of nitrogens with zero attached hydrogens (tertiary/aromatic N) is 3. The lowest BCUT2D eigenvalue weighted by Gasteiger charge is -2.20. The van der Waals surface area contributed by atoms with Gasteiger partial charge >= 0.3 is 0 Å². The number of rotatable bonds is 7. The van der Waals surface area contributed by atoms with Gasteiger partial charge in [-0.25, -0.2) is 0 Å². The molecule has 1 rings (SSSR count). The third-order valence-electron chi connectivity index (χ3n) is 3.05. The highest BCUT2D eigenvalue weighted by Crippen LogP contribution is 2.18. The zero-order valence-electron chi connectivity index (χ0n) is 11.9. The normalized spacial score (nSPS) is 10.5. The van der Waals surface area contributed by atoms with Crippen LogP contribution in [0.15, 0.2) is 6.07 Å². The van der Waals surface area contributed by atoms with Crippen molar-refractivity contribution in [2.75, 3.05) is 38.1 Å². The average Bonchev–Trinajstić information content (AvgIpc) is 2.37. The summed E-state index contributed by atoms with van der Waals surface area (Å²) in [4.78, 5) is 6.44. The van der Waals surface area contributed by atoms with Crippen LogP contribution < -0.4 is 5.32 Å². The summed E-state index contributed by atoms with van der Waals surface area (Å²) in [5.41, 5.74) is 3.11. The van der Waals surface area contributed by atoms with E-state index >= 15 is 0 Å². The third kappa shape index (κ3) is 4.51. The van der Waals surface area contributed by atoms with Gasteiger partial charge in [0.25, 0.3) is 0 Å². The number of nitrogens with one attached hydrogen (secondary N) is 1. The van der Waals surface area contributed by atoms with E-state index in [9.17, 15) is 0 Å². The van der Waals surface area contributed by atoms with Crippen LogP contribution in [0.3, 0.4) is 0 Å². The van der Waals surface area contributed by atoms with Gasteiger partial charge in [0.05, 0.1) is 23.6 Å². The van der Waals surface area contributed by atoms with Crippen LogP contribution in [0, 0.1) is 25.2 Å². The van der Waals surface area contributed by atoms with Crippen LogP contribution >= 0.6 is 0 Å². The van der Waals surface area contributed by atoms with Gasteiger partial charge < -0.3 is 10.4 Å². The lowest BCUT2D eigenvalue weighted by atomic mass is 10.1. The van der Waals surface area contributed by atoms with E-state index in [0.29, 0.717) is 12.1 Å². The Morgan fingerprint density at radius 3 is 2.74 bits per heavy atom. The third-order valence-corrected chi connectivity index (χ3v) is 3.05. The molecule has 1 aromatic heterocycles. The number of aryl methyl sites for hydroxylation is 2. The molecule has 5 heteroatoms. The Hall–Kier alpha value is -1.64. The molecule has 1 heterocycles. The van der Waals surface area contributed by atoms with Crippen molar-refractivity contribution in [2.45, 2.75) is 20.8 Å². The molecule has 0 aromatic carbocycles. The van der Waals surface area contributed by atoms with Crippen molar-refractivity contribution in [1.82, 2.24) is 9.88 Å². The SMILES string of the molecule is CCN(CCO)CCNc1cc(C)nc(C)c1C#N. The van der Waals surface area contributed by atoms with E-state index in [0.717, 1.165) is 36.7 Å². The van der Waals surface area contributed by atoms with Crippen molar-refractivity contribution in [3.63, 3.8) is 0 Å². The maximum absolute atomic E-state index is 9.16. The van der Waals surface area contributed by atoms with Gasteiger partial charge in [0.15, 0.2) is 0 Å². The Kier molecular flexibility index (Phi) is 6.26. The highest BCUT2D eigenvalue weighted by atomic mass is 16.3. The van der Waals surface area contributed by atoms with Gasteiger partial charge in [-0.05, 0) is 26.5 Å². The number of anilines is 1. The zero-order chi connectivity index (χ0) is 14.3. The Morgan fingerprint density at radius 2 is 2.16 bits per heavy atom. The van der Waals surface area contributed by atoms with E-state index < -0.39 is 0 Å². The van der Waals surface area contributed by atoms with Crippen molar-refractivity contribution < 1.29 is 5.11 Å². The van der Waals surface area contributed by atoms with Crippen molar-refractivity contribution in [2.24, 2.45) is 0 Å².